The molecule has 0 fully saturated rings. The molecule has 2 aromatic heterocycles. The van der Waals surface area contributed by atoms with E-state index in [4.69, 9.17) is 30.5 Å². The fraction of sp³-hybridized carbons (Fsp3) is 0.241. The number of nitrogens with zero attached hydrogens (tertiary/aromatic N) is 1. The van der Waals surface area contributed by atoms with Gasteiger partial charge in [0, 0.05) is 16.1 Å². The molecule has 0 radical (unpaired) electrons. The van der Waals surface area contributed by atoms with Gasteiger partial charge in [-0.15, -0.1) is 11.3 Å². The zero-order valence-corrected chi connectivity index (χ0v) is 23.9. The minimum Gasteiger partial charge on any atom is -0.493 e. The Kier molecular flexibility index (Phi) is 8.51. The molecule has 0 saturated heterocycles. The van der Waals surface area contributed by atoms with Crippen molar-refractivity contribution in [1.29, 1.82) is 0 Å². The Labute approximate surface area is 238 Å². The predicted molar refractivity (Wildman–Crippen MR) is 155 cm³/mol. The summed E-state index contributed by atoms with van der Waals surface area (Å²) in [6.45, 7) is 0.706. The van der Waals surface area contributed by atoms with Crippen molar-refractivity contribution in [3.63, 3.8) is 0 Å². The van der Waals surface area contributed by atoms with Gasteiger partial charge in [0.2, 0.25) is 0 Å². The molecule has 0 bridgehead atoms. The summed E-state index contributed by atoms with van der Waals surface area (Å²) in [5, 5.41) is 4.39. The molecule has 0 aliphatic heterocycles. The summed E-state index contributed by atoms with van der Waals surface area (Å²) in [7, 11) is 1.60. The second kappa shape index (κ2) is 12.2. The molecule has 0 saturated carbocycles. The van der Waals surface area contributed by atoms with E-state index in [1.807, 2.05) is 48.5 Å². The van der Waals surface area contributed by atoms with Crippen LogP contribution in [0.3, 0.4) is 0 Å². The highest BCUT2D eigenvalue weighted by atomic mass is 79.9. The van der Waals surface area contributed by atoms with Gasteiger partial charge < -0.3 is 19.2 Å². The highest BCUT2D eigenvalue weighted by Crippen LogP contribution is 2.41. The zero-order chi connectivity index (χ0) is 26.5. The van der Waals surface area contributed by atoms with Crippen molar-refractivity contribution >= 4 is 56.0 Å². The quantitative estimate of drug-likeness (QED) is 0.195. The third-order valence-corrected chi connectivity index (χ3v) is 8.30. The number of ether oxygens (including phenoxy) is 2. The van der Waals surface area contributed by atoms with Gasteiger partial charge in [-0.25, -0.2) is 4.99 Å². The number of thiophene rings is 1. The fourth-order valence-corrected chi connectivity index (χ4v) is 6.30. The monoisotopic (exact) mass is 612 g/mol. The lowest BCUT2D eigenvalue weighted by molar-refractivity contribution is 0.0948. The van der Waals surface area contributed by atoms with Crippen LogP contribution in [0.1, 0.15) is 50.5 Å². The first-order chi connectivity index (χ1) is 18.5. The molecular formula is C29H26BrClN2O4S. The maximum atomic E-state index is 13.2. The number of methoxy groups -OCH3 is 1. The van der Waals surface area contributed by atoms with Crippen molar-refractivity contribution in [3.8, 4) is 11.5 Å². The van der Waals surface area contributed by atoms with Gasteiger partial charge in [-0.1, -0.05) is 23.7 Å². The second-order valence-electron chi connectivity index (χ2n) is 8.86. The van der Waals surface area contributed by atoms with Gasteiger partial charge in [0.25, 0.3) is 5.91 Å². The van der Waals surface area contributed by atoms with E-state index in [0.29, 0.717) is 46.0 Å². The molecule has 4 aromatic rings. The van der Waals surface area contributed by atoms with Crippen LogP contribution in [0.5, 0.6) is 11.5 Å². The Morgan fingerprint density at radius 2 is 2.03 bits per heavy atom. The molecule has 1 aliphatic rings. The van der Waals surface area contributed by atoms with Crippen LogP contribution in [0.2, 0.25) is 5.02 Å². The van der Waals surface area contributed by atoms with Crippen molar-refractivity contribution in [2.75, 3.05) is 7.11 Å². The van der Waals surface area contributed by atoms with Crippen LogP contribution < -0.4 is 14.8 Å². The van der Waals surface area contributed by atoms with E-state index >= 15 is 0 Å². The van der Waals surface area contributed by atoms with Crippen LogP contribution >= 0.6 is 38.9 Å². The number of amides is 1. The number of rotatable bonds is 9. The molecule has 196 valence electrons. The van der Waals surface area contributed by atoms with Crippen LogP contribution in [-0.2, 0) is 26.0 Å². The van der Waals surface area contributed by atoms with E-state index in [-0.39, 0.29) is 5.91 Å². The fourth-order valence-electron chi connectivity index (χ4n) is 4.37. The molecule has 2 heterocycles. The van der Waals surface area contributed by atoms with E-state index in [2.05, 4.69) is 21.2 Å². The SMILES string of the molecule is COc1cc(C=Nc2sc3c(c2C(=O)NCc2ccco2)CCCC3)cc(Br)c1OCc1ccc(Cl)cc1. The number of aliphatic imine (C=N–C) groups is 1. The van der Waals surface area contributed by atoms with Gasteiger partial charge in [-0.2, -0.15) is 0 Å². The van der Waals surface area contributed by atoms with Crippen molar-refractivity contribution in [3.05, 3.63) is 97.2 Å². The minimum atomic E-state index is -0.127. The summed E-state index contributed by atoms with van der Waals surface area (Å²) in [4.78, 5) is 19.3. The lowest BCUT2D eigenvalue weighted by atomic mass is 9.95. The van der Waals surface area contributed by atoms with E-state index in [0.717, 1.165) is 46.8 Å². The predicted octanol–water partition coefficient (Wildman–Crippen LogP) is 7.90. The molecule has 1 aliphatic carbocycles. The van der Waals surface area contributed by atoms with E-state index in [9.17, 15) is 4.79 Å². The Morgan fingerprint density at radius 3 is 2.79 bits per heavy atom. The van der Waals surface area contributed by atoms with Crippen molar-refractivity contribution in [2.24, 2.45) is 4.99 Å². The van der Waals surface area contributed by atoms with Crippen LogP contribution in [0, 0.1) is 0 Å². The van der Waals surface area contributed by atoms with Gasteiger partial charge in [0.05, 0.1) is 30.0 Å². The van der Waals surface area contributed by atoms with Gasteiger partial charge in [-0.05, 0) is 94.7 Å². The summed E-state index contributed by atoms with van der Waals surface area (Å²) >= 11 is 11.2. The smallest absolute Gasteiger partial charge is 0.255 e. The second-order valence-corrected chi connectivity index (χ2v) is 11.2. The van der Waals surface area contributed by atoms with Gasteiger partial charge in [0.1, 0.15) is 17.4 Å². The van der Waals surface area contributed by atoms with E-state index in [1.165, 1.54) is 4.88 Å². The molecule has 5 rings (SSSR count). The largest absolute Gasteiger partial charge is 0.493 e. The number of fused-ring (bicyclic) bond motifs is 1. The minimum absolute atomic E-state index is 0.127. The van der Waals surface area contributed by atoms with Gasteiger partial charge >= 0.3 is 0 Å². The Balaban J connectivity index is 1.37. The van der Waals surface area contributed by atoms with Crippen LogP contribution in [0.4, 0.5) is 5.00 Å². The van der Waals surface area contributed by atoms with Gasteiger partial charge in [0.15, 0.2) is 11.5 Å². The molecule has 9 heteroatoms. The number of hydrogen-bond donors (Lipinski definition) is 1. The topological polar surface area (TPSA) is 73.1 Å². The molecule has 0 atom stereocenters. The number of benzene rings is 2. The number of hydrogen-bond acceptors (Lipinski definition) is 6. The standard InChI is InChI=1S/C29H26BrClN2O4S/c1-35-24-14-19(13-23(30)27(24)37-17-18-8-10-20(31)11-9-18)15-33-29-26(22-6-2-3-7-25(22)38-29)28(34)32-16-21-5-4-12-36-21/h4-5,8-15H,2-3,6-7,16-17H2,1H3,(H,32,34). The average molecular weight is 614 g/mol. The average Bonchev–Trinajstić information content (AvgIpc) is 3.58. The number of aryl methyl sites for hydroxylation is 1. The number of furan rings is 1. The summed E-state index contributed by atoms with van der Waals surface area (Å²) < 4.78 is 17.8. The van der Waals surface area contributed by atoms with Gasteiger partial charge in [-0.3, -0.25) is 4.79 Å². The Bertz CT molecular complexity index is 1450. The maximum absolute atomic E-state index is 13.2. The summed E-state index contributed by atoms with van der Waals surface area (Å²) in [5.74, 6) is 1.77. The van der Waals surface area contributed by atoms with Crippen LogP contribution in [-0.4, -0.2) is 19.2 Å². The molecule has 0 unspecified atom stereocenters. The normalized spacial score (nSPS) is 12.9. The number of nitrogens with one attached hydrogen (secondary N) is 1. The number of carbonyl (C=O) groups excluding carboxylic acids is 1. The van der Waals surface area contributed by atoms with Crippen molar-refractivity contribution in [1.82, 2.24) is 5.32 Å². The molecule has 6 nitrogen and oxygen atoms in total. The molecule has 2 aromatic carbocycles. The number of carbonyl (C=O) groups is 1. The first kappa shape index (κ1) is 26.5. The van der Waals surface area contributed by atoms with E-state index < -0.39 is 0 Å². The summed E-state index contributed by atoms with van der Waals surface area (Å²) in [6, 6.07) is 15.0. The molecular weight excluding hydrogens is 588 g/mol. The third-order valence-electron chi connectivity index (χ3n) is 6.26. The lowest BCUT2D eigenvalue weighted by Gasteiger charge is -2.13. The lowest BCUT2D eigenvalue weighted by Crippen LogP contribution is -2.23. The van der Waals surface area contributed by atoms with Crippen molar-refractivity contribution < 1.29 is 18.7 Å². The summed E-state index contributed by atoms with van der Waals surface area (Å²) in [6.07, 6.45) is 7.44. The first-order valence-corrected chi connectivity index (χ1v) is 14.2. The summed E-state index contributed by atoms with van der Waals surface area (Å²) in [5.41, 5.74) is 3.60. The third kappa shape index (κ3) is 6.14. The first-order valence-electron chi connectivity index (χ1n) is 12.3. The molecule has 1 N–H and O–H groups in total. The molecule has 38 heavy (non-hydrogen) atoms. The van der Waals surface area contributed by atoms with Crippen LogP contribution in [0.25, 0.3) is 0 Å². The highest BCUT2D eigenvalue weighted by Gasteiger charge is 2.25. The number of halogens is 2. The highest BCUT2D eigenvalue weighted by molar-refractivity contribution is 9.10. The molecule has 1 amide bonds. The Hall–Kier alpha value is -3.07. The van der Waals surface area contributed by atoms with E-state index in [1.54, 1.807) is 30.9 Å². The molecule has 0 spiro atoms. The zero-order valence-electron chi connectivity index (χ0n) is 20.8. The van der Waals surface area contributed by atoms with Crippen molar-refractivity contribution in [2.45, 2.75) is 38.8 Å². The maximum Gasteiger partial charge on any atom is 0.255 e. The van der Waals surface area contributed by atoms with Crippen LogP contribution in [0.15, 0.2) is 68.7 Å². The Morgan fingerprint density at radius 1 is 1.21 bits per heavy atom.